The van der Waals surface area contributed by atoms with Crippen LogP contribution in [0.3, 0.4) is 0 Å². The average Bonchev–Trinajstić information content (AvgIpc) is 2.57. The molecule has 0 N–H and O–H groups in total. The molecule has 0 amide bonds. The maximum atomic E-state index is 11.7. The number of nitrogens with zero attached hydrogens (tertiary/aromatic N) is 2. The summed E-state index contributed by atoms with van der Waals surface area (Å²) in [7, 11) is 1.58. The molecule has 0 fully saturated rings. The lowest BCUT2D eigenvalue weighted by atomic mass is 10.1. The number of thioether (sulfide) groups is 1. The number of rotatable bonds is 8. The molecule has 0 unspecified atom stereocenters. The first-order chi connectivity index (χ1) is 11.1. The fraction of sp³-hybridized carbons (Fsp3) is 0.333. The first-order valence-corrected chi connectivity index (χ1v) is 8.48. The summed E-state index contributed by atoms with van der Waals surface area (Å²) < 4.78 is 13.0. The van der Waals surface area contributed by atoms with E-state index in [2.05, 4.69) is 29.4 Å². The van der Waals surface area contributed by atoms with Crippen LogP contribution in [0.15, 0.2) is 40.2 Å². The minimum Gasteiger partial charge on any atom is -0.318 e. The third kappa shape index (κ3) is 4.78. The fourth-order valence-corrected chi connectivity index (χ4v) is 3.20. The van der Waals surface area contributed by atoms with Gasteiger partial charge in [0.1, 0.15) is 6.15 Å². The Bertz CT molecular complexity index is 695. The monoisotopic (exact) mass is 358 g/mol. The second kappa shape index (κ2) is 8.62. The van der Waals surface area contributed by atoms with Gasteiger partial charge in [-0.1, -0.05) is 35.9 Å². The van der Waals surface area contributed by atoms with Crippen LogP contribution in [0, 0.1) is 0 Å². The van der Waals surface area contributed by atoms with E-state index in [0.717, 1.165) is 24.2 Å². The lowest BCUT2D eigenvalue weighted by molar-refractivity contribution is 0.372. The Balaban J connectivity index is 1.89. The van der Waals surface area contributed by atoms with Crippen molar-refractivity contribution in [2.75, 3.05) is 6.61 Å². The van der Waals surface area contributed by atoms with Gasteiger partial charge in [0.15, 0.2) is 0 Å². The Morgan fingerprint density at radius 3 is 2.86 bits per heavy atom. The predicted octanol–water partition coefficient (Wildman–Crippen LogP) is 3.52. The van der Waals surface area contributed by atoms with Gasteiger partial charge in [0.2, 0.25) is 0 Å². The van der Waals surface area contributed by atoms with Crippen LogP contribution in [0.4, 0.5) is 0 Å². The van der Waals surface area contributed by atoms with Crippen molar-refractivity contribution in [2.24, 2.45) is 7.05 Å². The van der Waals surface area contributed by atoms with Crippen LogP contribution in [0.1, 0.15) is 17.5 Å². The Kier molecular flexibility index (Phi) is 6.24. The zero-order chi connectivity index (χ0) is 16.7. The minimum atomic E-state index is -0.278. The number of halogens is 1. The maximum absolute atomic E-state index is 11.7. The molecule has 1 aromatic heterocycles. The largest absolute Gasteiger partial charge is 0.318 e. The SMILES string of the molecule is [3H]SOCCCc1ccc(CSc2cnn(C)c(=O)c2Cl)cc1. The van der Waals surface area contributed by atoms with Gasteiger partial charge in [-0.2, -0.15) is 5.10 Å². The van der Waals surface area contributed by atoms with Crippen LogP contribution in [0.5, 0.6) is 0 Å². The molecule has 4 nitrogen and oxygen atoms in total. The van der Waals surface area contributed by atoms with Gasteiger partial charge in [0, 0.05) is 12.8 Å². The third-order valence-electron chi connectivity index (χ3n) is 3.16. The van der Waals surface area contributed by atoms with Crippen molar-refractivity contribution in [1.29, 1.82) is 1.12 Å². The van der Waals surface area contributed by atoms with E-state index in [0.29, 0.717) is 24.3 Å². The van der Waals surface area contributed by atoms with Crippen LogP contribution in [-0.2, 0) is 23.4 Å². The Labute approximate surface area is 145 Å². The molecule has 0 spiro atoms. The Morgan fingerprint density at radius 1 is 1.41 bits per heavy atom. The van der Waals surface area contributed by atoms with E-state index in [1.54, 1.807) is 13.2 Å². The lowest BCUT2D eigenvalue weighted by Gasteiger charge is -2.06. The minimum absolute atomic E-state index is 0.219. The number of thiol groups is 1. The summed E-state index contributed by atoms with van der Waals surface area (Å²) in [4.78, 5) is 12.4. The zero-order valence-electron chi connectivity index (χ0n) is 13.1. The predicted molar refractivity (Wildman–Crippen MR) is 93.8 cm³/mol. The molecule has 0 saturated heterocycles. The second-order valence-corrected chi connectivity index (χ2v) is 6.41. The van der Waals surface area contributed by atoms with Gasteiger partial charge >= 0.3 is 0 Å². The van der Waals surface area contributed by atoms with Gasteiger partial charge < -0.3 is 4.18 Å². The van der Waals surface area contributed by atoms with Crippen molar-refractivity contribution in [3.05, 3.63) is 57.0 Å². The van der Waals surface area contributed by atoms with E-state index < -0.39 is 0 Å². The quantitative estimate of drug-likeness (QED) is 0.339. The van der Waals surface area contributed by atoms with Crippen LogP contribution in [0.25, 0.3) is 0 Å². The van der Waals surface area contributed by atoms with Crippen molar-refractivity contribution >= 4 is 36.2 Å². The number of hydrogen-bond acceptors (Lipinski definition) is 5. The summed E-state index contributed by atoms with van der Waals surface area (Å²) in [6, 6.07) is 8.33. The van der Waals surface area contributed by atoms with Crippen LogP contribution < -0.4 is 5.56 Å². The summed E-state index contributed by atoms with van der Waals surface area (Å²) in [5.74, 6) is 0.730. The van der Waals surface area contributed by atoms with Crippen molar-refractivity contribution in [2.45, 2.75) is 23.5 Å². The van der Waals surface area contributed by atoms with Gasteiger partial charge in [-0.3, -0.25) is 4.79 Å². The summed E-state index contributed by atoms with van der Waals surface area (Å²) in [6.45, 7) is 0.584. The van der Waals surface area contributed by atoms with Gasteiger partial charge in [0.25, 0.3) is 5.56 Å². The number of hydrogen-bond donors (Lipinski definition) is 1. The molecule has 0 aliphatic heterocycles. The van der Waals surface area contributed by atoms with Crippen molar-refractivity contribution in [3.8, 4) is 0 Å². The molecule has 0 bridgehead atoms. The number of benzene rings is 1. The molecule has 7 heteroatoms. The van der Waals surface area contributed by atoms with Crippen LogP contribution in [0.2, 0.25) is 5.02 Å². The van der Waals surface area contributed by atoms with E-state index in [4.69, 9.17) is 16.9 Å². The van der Waals surface area contributed by atoms with Gasteiger partial charge in [0.05, 0.1) is 17.7 Å². The van der Waals surface area contributed by atoms with E-state index in [-0.39, 0.29) is 10.6 Å². The zero-order valence-corrected chi connectivity index (χ0v) is 14.5. The highest BCUT2D eigenvalue weighted by Gasteiger charge is 2.08. The molecular weight excluding hydrogens is 340 g/mol. The first kappa shape index (κ1) is 15.9. The molecular formula is C15H17ClN2O2S2. The summed E-state index contributed by atoms with van der Waals surface area (Å²) in [6.07, 6.45) is 3.44. The fourth-order valence-electron chi connectivity index (χ4n) is 1.89. The second-order valence-electron chi connectivity index (χ2n) is 4.78. The van der Waals surface area contributed by atoms with Crippen LogP contribution in [-0.4, -0.2) is 17.5 Å². The van der Waals surface area contributed by atoms with E-state index in [1.807, 2.05) is 0 Å². The van der Waals surface area contributed by atoms with Gasteiger partial charge in [-0.25, -0.2) is 4.68 Å². The highest BCUT2D eigenvalue weighted by atomic mass is 35.5. The first-order valence-electron chi connectivity index (χ1n) is 7.20. The molecule has 0 saturated carbocycles. The molecule has 2 aromatic rings. The summed E-state index contributed by atoms with van der Waals surface area (Å²) in [5, 5.41) is 4.21. The van der Waals surface area contributed by atoms with Gasteiger partial charge in [-0.15, -0.1) is 11.8 Å². The van der Waals surface area contributed by atoms with Crippen molar-refractivity contribution < 1.29 is 4.18 Å². The standard InChI is InChI=1S/C15H17ClN2O2S2/c1-18-15(19)14(16)13(9-17-18)22-10-12-6-4-11(5-7-12)3-2-8-20-21/h4-7,9,21H,2-3,8,10H2,1H3/i/hT. The average molecular weight is 359 g/mol. The smallest absolute Gasteiger partial charge is 0.286 e. The number of aryl methyl sites for hydroxylation is 2. The Hall–Kier alpha value is -0.950. The summed E-state index contributed by atoms with van der Waals surface area (Å²) in [5.41, 5.74) is 2.12. The topological polar surface area (TPSA) is 44.1 Å². The normalized spacial score (nSPS) is 11.5. The molecule has 22 heavy (non-hydrogen) atoms. The van der Waals surface area contributed by atoms with Crippen molar-refractivity contribution in [3.63, 3.8) is 0 Å². The highest BCUT2D eigenvalue weighted by molar-refractivity contribution is 7.98. The van der Waals surface area contributed by atoms with Gasteiger partial charge in [-0.05, 0) is 36.8 Å². The lowest BCUT2D eigenvalue weighted by Crippen LogP contribution is -2.19. The molecule has 0 atom stereocenters. The molecule has 1 heterocycles. The van der Waals surface area contributed by atoms with E-state index in [9.17, 15) is 4.79 Å². The molecule has 1 aromatic carbocycles. The van der Waals surface area contributed by atoms with E-state index in [1.165, 1.54) is 22.0 Å². The molecule has 0 aliphatic rings. The summed E-state index contributed by atoms with van der Waals surface area (Å²) >= 11 is 8.21. The maximum Gasteiger partial charge on any atom is 0.286 e. The third-order valence-corrected chi connectivity index (χ3v) is 4.90. The van der Waals surface area contributed by atoms with Crippen molar-refractivity contribution in [1.82, 2.24) is 9.78 Å². The van der Waals surface area contributed by atoms with E-state index >= 15 is 0 Å². The Morgan fingerprint density at radius 2 is 2.14 bits per heavy atom. The molecule has 0 aliphatic carbocycles. The molecule has 2 rings (SSSR count). The molecule has 0 radical (unpaired) electrons. The molecule has 118 valence electrons. The highest BCUT2D eigenvalue weighted by Crippen LogP contribution is 2.26. The number of aromatic nitrogens is 2. The van der Waals surface area contributed by atoms with Crippen LogP contribution >= 0.6 is 36.2 Å².